The maximum atomic E-state index is 12.8. The van der Waals surface area contributed by atoms with E-state index in [1.165, 1.54) is 9.18 Å². The van der Waals surface area contributed by atoms with Crippen molar-refractivity contribution < 1.29 is 8.42 Å². The highest BCUT2D eigenvalue weighted by Crippen LogP contribution is 2.22. The van der Waals surface area contributed by atoms with Gasteiger partial charge in [0.2, 0.25) is 10.0 Å². The van der Waals surface area contributed by atoms with E-state index in [1.807, 2.05) is 24.4 Å². The quantitative estimate of drug-likeness (QED) is 0.888. The minimum absolute atomic E-state index is 0.112. The molecule has 0 saturated carbocycles. The van der Waals surface area contributed by atoms with Crippen molar-refractivity contribution in [2.24, 2.45) is 5.73 Å². The zero-order chi connectivity index (χ0) is 15.5. The van der Waals surface area contributed by atoms with Crippen LogP contribution in [0.4, 0.5) is 0 Å². The Hall–Kier alpha value is -1.21. The summed E-state index contributed by atoms with van der Waals surface area (Å²) in [7, 11) is -1.90. The second-order valence-corrected chi connectivity index (χ2v) is 7.96. The number of hydrogen-bond acceptors (Lipinski definition) is 4. The molecule has 2 aromatic rings. The summed E-state index contributed by atoms with van der Waals surface area (Å²) in [5.41, 5.74) is 6.30. The van der Waals surface area contributed by atoms with Crippen LogP contribution in [0.2, 0.25) is 0 Å². The van der Waals surface area contributed by atoms with Crippen molar-refractivity contribution in [3.63, 3.8) is 0 Å². The smallest absolute Gasteiger partial charge is 0.243 e. The molecule has 0 fully saturated rings. The van der Waals surface area contributed by atoms with Crippen molar-refractivity contribution in [2.75, 3.05) is 7.05 Å². The SMILES string of the molecule is CC(Cc1cccs1)N(C)S(=O)(=O)c1ccccc1CN. The monoisotopic (exact) mass is 324 g/mol. The fourth-order valence-electron chi connectivity index (χ4n) is 2.16. The van der Waals surface area contributed by atoms with Crippen molar-refractivity contribution in [2.45, 2.75) is 30.8 Å². The third-order valence-corrected chi connectivity index (χ3v) is 6.52. The van der Waals surface area contributed by atoms with Crippen LogP contribution < -0.4 is 5.73 Å². The van der Waals surface area contributed by atoms with E-state index in [2.05, 4.69) is 0 Å². The molecule has 114 valence electrons. The number of nitrogens with zero attached hydrogens (tertiary/aromatic N) is 1. The molecule has 1 aromatic heterocycles. The van der Waals surface area contributed by atoms with Crippen LogP contribution in [0, 0.1) is 0 Å². The Morgan fingerprint density at radius 2 is 1.95 bits per heavy atom. The van der Waals surface area contributed by atoms with E-state index in [0.29, 0.717) is 16.9 Å². The molecule has 2 rings (SSSR count). The molecule has 0 aliphatic carbocycles. The summed E-state index contributed by atoms with van der Waals surface area (Å²) in [5, 5.41) is 2.00. The Morgan fingerprint density at radius 3 is 2.57 bits per heavy atom. The zero-order valence-corrected chi connectivity index (χ0v) is 13.8. The minimum Gasteiger partial charge on any atom is -0.326 e. The lowest BCUT2D eigenvalue weighted by molar-refractivity contribution is 0.388. The number of benzene rings is 1. The van der Waals surface area contributed by atoms with E-state index in [9.17, 15) is 8.42 Å². The second kappa shape index (κ2) is 6.70. The third-order valence-electron chi connectivity index (χ3n) is 3.55. The number of hydrogen-bond donors (Lipinski definition) is 1. The first kappa shape index (κ1) is 16.2. The van der Waals surface area contributed by atoms with Crippen LogP contribution in [0.1, 0.15) is 17.4 Å². The first-order valence-electron chi connectivity index (χ1n) is 6.75. The summed E-state index contributed by atoms with van der Waals surface area (Å²) in [4.78, 5) is 1.48. The van der Waals surface area contributed by atoms with Crippen LogP contribution in [0.25, 0.3) is 0 Å². The van der Waals surface area contributed by atoms with Gasteiger partial charge in [0.15, 0.2) is 0 Å². The van der Waals surface area contributed by atoms with E-state index < -0.39 is 10.0 Å². The summed E-state index contributed by atoms with van der Waals surface area (Å²) < 4.78 is 26.9. The van der Waals surface area contributed by atoms with Gasteiger partial charge in [-0.2, -0.15) is 4.31 Å². The lowest BCUT2D eigenvalue weighted by Crippen LogP contribution is -2.36. The van der Waals surface area contributed by atoms with Gasteiger partial charge in [0.25, 0.3) is 0 Å². The lowest BCUT2D eigenvalue weighted by Gasteiger charge is -2.25. The Labute approximate surface area is 130 Å². The molecule has 0 radical (unpaired) electrons. The Bertz CT molecular complexity index is 681. The number of likely N-dealkylation sites (N-methyl/N-ethyl adjacent to an activating group) is 1. The maximum Gasteiger partial charge on any atom is 0.243 e. The van der Waals surface area contributed by atoms with Crippen molar-refractivity contribution in [1.29, 1.82) is 0 Å². The second-order valence-electron chi connectivity index (χ2n) is 4.97. The maximum absolute atomic E-state index is 12.8. The van der Waals surface area contributed by atoms with Crippen molar-refractivity contribution in [3.8, 4) is 0 Å². The van der Waals surface area contributed by atoms with Crippen LogP contribution in [-0.2, 0) is 23.0 Å². The zero-order valence-electron chi connectivity index (χ0n) is 12.2. The molecule has 0 saturated heterocycles. The molecule has 1 atom stereocenters. The molecule has 21 heavy (non-hydrogen) atoms. The van der Waals surface area contributed by atoms with Gasteiger partial charge in [-0.3, -0.25) is 0 Å². The highest BCUT2D eigenvalue weighted by atomic mass is 32.2. The molecular formula is C15H20N2O2S2. The number of thiophene rings is 1. The van der Waals surface area contributed by atoms with E-state index in [0.717, 1.165) is 0 Å². The van der Waals surface area contributed by atoms with Gasteiger partial charge < -0.3 is 5.73 Å². The molecule has 2 N–H and O–H groups in total. The molecule has 1 heterocycles. The van der Waals surface area contributed by atoms with Gasteiger partial charge in [0.05, 0.1) is 4.90 Å². The summed E-state index contributed by atoms with van der Waals surface area (Å²) in [6, 6.07) is 10.8. The molecule has 0 amide bonds. The fraction of sp³-hybridized carbons (Fsp3) is 0.333. The molecule has 4 nitrogen and oxygen atoms in total. The summed E-state index contributed by atoms with van der Waals surface area (Å²) >= 11 is 1.64. The molecule has 0 bridgehead atoms. The van der Waals surface area contributed by atoms with Gasteiger partial charge in [-0.25, -0.2) is 8.42 Å². The molecule has 6 heteroatoms. The van der Waals surface area contributed by atoms with Gasteiger partial charge in [-0.1, -0.05) is 24.3 Å². The van der Waals surface area contributed by atoms with Crippen LogP contribution >= 0.6 is 11.3 Å². The topological polar surface area (TPSA) is 63.4 Å². The summed E-state index contributed by atoms with van der Waals surface area (Å²) in [5.74, 6) is 0. The van der Waals surface area contributed by atoms with Gasteiger partial charge in [-0.05, 0) is 36.4 Å². The van der Waals surface area contributed by atoms with Crippen LogP contribution in [-0.4, -0.2) is 25.8 Å². The average Bonchev–Trinajstić information content (AvgIpc) is 2.99. The van der Waals surface area contributed by atoms with Crippen LogP contribution in [0.3, 0.4) is 0 Å². The van der Waals surface area contributed by atoms with Crippen molar-refractivity contribution in [1.82, 2.24) is 4.31 Å². The van der Waals surface area contributed by atoms with Crippen molar-refractivity contribution >= 4 is 21.4 Å². The number of rotatable bonds is 6. The molecule has 1 unspecified atom stereocenters. The predicted octanol–water partition coefficient (Wildman–Crippen LogP) is 2.46. The van der Waals surface area contributed by atoms with Crippen molar-refractivity contribution in [3.05, 3.63) is 52.2 Å². The third kappa shape index (κ3) is 3.52. The molecular weight excluding hydrogens is 304 g/mol. The van der Waals surface area contributed by atoms with Crippen LogP contribution in [0.15, 0.2) is 46.7 Å². The van der Waals surface area contributed by atoms with Gasteiger partial charge in [0.1, 0.15) is 0 Å². The molecule has 0 spiro atoms. The summed E-state index contributed by atoms with van der Waals surface area (Å²) in [6.45, 7) is 2.13. The van der Waals surface area contributed by atoms with Crippen LogP contribution in [0.5, 0.6) is 0 Å². The van der Waals surface area contributed by atoms with E-state index >= 15 is 0 Å². The Kier molecular flexibility index (Phi) is 5.16. The van der Waals surface area contributed by atoms with Gasteiger partial charge in [-0.15, -0.1) is 11.3 Å². The normalized spacial score (nSPS) is 13.5. The number of sulfonamides is 1. The molecule has 0 aliphatic rings. The highest BCUT2D eigenvalue weighted by molar-refractivity contribution is 7.89. The Balaban J connectivity index is 2.26. The minimum atomic E-state index is -3.53. The number of nitrogens with two attached hydrogens (primary N) is 1. The standard InChI is InChI=1S/C15H20N2O2S2/c1-12(10-14-7-5-9-20-14)17(2)21(18,19)15-8-4-3-6-13(15)11-16/h3-9,12H,10-11,16H2,1-2H3. The summed E-state index contributed by atoms with van der Waals surface area (Å²) in [6.07, 6.45) is 0.707. The fourth-order valence-corrected chi connectivity index (χ4v) is 4.58. The lowest BCUT2D eigenvalue weighted by atomic mass is 10.2. The first-order chi connectivity index (χ1) is 9.96. The van der Waals surface area contributed by atoms with Gasteiger partial charge in [0, 0.05) is 24.5 Å². The van der Waals surface area contributed by atoms with E-state index in [-0.39, 0.29) is 12.6 Å². The Morgan fingerprint density at radius 1 is 1.24 bits per heavy atom. The highest BCUT2D eigenvalue weighted by Gasteiger charge is 2.27. The molecule has 0 aliphatic heterocycles. The van der Waals surface area contributed by atoms with Gasteiger partial charge >= 0.3 is 0 Å². The largest absolute Gasteiger partial charge is 0.326 e. The van der Waals surface area contributed by atoms with E-state index in [1.54, 1.807) is 42.6 Å². The predicted molar refractivity (Wildman–Crippen MR) is 86.8 cm³/mol. The average molecular weight is 324 g/mol. The first-order valence-corrected chi connectivity index (χ1v) is 9.07. The van der Waals surface area contributed by atoms with E-state index in [4.69, 9.17) is 5.73 Å². The molecule has 1 aromatic carbocycles.